The molecule has 0 saturated heterocycles. The molecular weight excluding hydrogens is 190 g/mol. The number of carbonyl (C=O) groups is 2. The number of dihydropyridines is 1. The maximum absolute atomic E-state index is 11.5. The summed E-state index contributed by atoms with van der Waals surface area (Å²) in [5.74, 6) is 0.0295. The Morgan fingerprint density at radius 3 is 2.07 bits per heavy atom. The van der Waals surface area contributed by atoms with E-state index >= 15 is 0 Å². The smallest absolute Gasteiger partial charge is 0.161 e. The van der Waals surface area contributed by atoms with Crippen LogP contribution in [-0.2, 0) is 9.59 Å². The molecular formula is C12H17NO2. The van der Waals surface area contributed by atoms with Crippen molar-refractivity contribution in [1.82, 2.24) is 5.32 Å². The number of allylic oxidation sites excluding steroid dienone is 3. The minimum absolute atomic E-state index is 0.00292. The first-order chi connectivity index (χ1) is 6.86. The zero-order valence-electron chi connectivity index (χ0n) is 9.89. The van der Waals surface area contributed by atoms with Crippen molar-refractivity contribution in [3.05, 3.63) is 22.4 Å². The minimum Gasteiger partial charge on any atom is -0.381 e. The molecule has 3 heteroatoms. The number of Topliss-reactive ketones (excluding diaryl/α,β-unsaturated/α-hetero) is 2. The van der Waals surface area contributed by atoms with Gasteiger partial charge in [-0.15, -0.1) is 0 Å². The van der Waals surface area contributed by atoms with Crippen molar-refractivity contribution < 1.29 is 9.59 Å². The molecule has 0 radical (unpaired) electrons. The van der Waals surface area contributed by atoms with E-state index in [1.807, 2.05) is 20.8 Å². The first kappa shape index (κ1) is 11.7. The topological polar surface area (TPSA) is 46.2 Å². The molecule has 0 bridgehead atoms. The first-order valence-corrected chi connectivity index (χ1v) is 5.06. The molecule has 0 amide bonds. The normalized spacial score (nSPS) is 21.5. The lowest BCUT2D eigenvalue weighted by molar-refractivity contribution is -0.114. The molecule has 1 N–H and O–H groups in total. The van der Waals surface area contributed by atoms with Crippen LogP contribution in [-0.4, -0.2) is 17.6 Å². The van der Waals surface area contributed by atoms with Crippen molar-refractivity contribution >= 4 is 11.6 Å². The van der Waals surface area contributed by atoms with E-state index < -0.39 is 0 Å². The van der Waals surface area contributed by atoms with E-state index in [0.29, 0.717) is 11.1 Å². The Hall–Kier alpha value is -1.38. The van der Waals surface area contributed by atoms with Crippen LogP contribution < -0.4 is 5.32 Å². The lowest BCUT2D eigenvalue weighted by Crippen LogP contribution is -2.35. The van der Waals surface area contributed by atoms with Crippen molar-refractivity contribution in [2.45, 2.75) is 40.7 Å². The molecule has 1 unspecified atom stereocenters. The summed E-state index contributed by atoms with van der Waals surface area (Å²) in [5, 5.41) is 3.15. The van der Waals surface area contributed by atoms with Crippen LogP contribution in [0.5, 0.6) is 0 Å². The number of ketones is 2. The van der Waals surface area contributed by atoms with Crippen LogP contribution in [0.3, 0.4) is 0 Å². The Kier molecular flexibility index (Phi) is 3.12. The molecule has 3 nitrogen and oxygen atoms in total. The third-order valence-electron chi connectivity index (χ3n) is 2.75. The second-order valence-electron chi connectivity index (χ2n) is 4.02. The van der Waals surface area contributed by atoms with Gasteiger partial charge in [0.15, 0.2) is 11.6 Å². The van der Waals surface area contributed by atoms with Crippen LogP contribution in [0.25, 0.3) is 0 Å². The van der Waals surface area contributed by atoms with Crippen molar-refractivity contribution in [1.29, 1.82) is 0 Å². The first-order valence-electron chi connectivity index (χ1n) is 5.06. The minimum atomic E-state index is -0.00870. The van der Waals surface area contributed by atoms with E-state index in [0.717, 1.165) is 11.3 Å². The zero-order valence-corrected chi connectivity index (χ0v) is 9.89. The molecule has 1 aliphatic rings. The molecule has 1 aliphatic heterocycles. The second-order valence-corrected chi connectivity index (χ2v) is 4.02. The summed E-state index contributed by atoms with van der Waals surface area (Å²) < 4.78 is 0. The number of hydrogen-bond acceptors (Lipinski definition) is 3. The number of carbonyl (C=O) groups excluding carboxylic acids is 2. The molecule has 1 heterocycles. The third-order valence-corrected chi connectivity index (χ3v) is 2.75. The predicted molar refractivity (Wildman–Crippen MR) is 59.4 cm³/mol. The SMILES string of the molecule is CC(=O)C1=C(C)NC(C)C(C(C)=O)=C1C. The average molecular weight is 207 g/mol. The maximum atomic E-state index is 11.5. The fraction of sp³-hybridized carbons (Fsp3) is 0.500. The average Bonchev–Trinajstić information content (AvgIpc) is 1.99. The number of nitrogens with one attached hydrogen (secondary N) is 1. The van der Waals surface area contributed by atoms with Crippen molar-refractivity contribution in [2.24, 2.45) is 0 Å². The van der Waals surface area contributed by atoms with E-state index in [1.54, 1.807) is 0 Å². The van der Waals surface area contributed by atoms with Crippen LogP contribution in [0.2, 0.25) is 0 Å². The van der Waals surface area contributed by atoms with Gasteiger partial charge >= 0.3 is 0 Å². The van der Waals surface area contributed by atoms with Crippen LogP contribution in [0.15, 0.2) is 22.4 Å². The largest absolute Gasteiger partial charge is 0.381 e. The van der Waals surface area contributed by atoms with Gasteiger partial charge in [-0.1, -0.05) is 0 Å². The number of hydrogen-bond donors (Lipinski definition) is 1. The summed E-state index contributed by atoms with van der Waals surface area (Å²) in [6.07, 6.45) is 0. The van der Waals surface area contributed by atoms with Gasteiger partial charge < -0.3 is 5.32 Å². The van der Waals surface area contributed by atoms with E-state index in [9.17, 15) is 9.59 Å². The lowest BCUT2D eigenvalue weighted by atomic mass is 9.88. The molecule has 0 aromatic rings. The summed E-state index contributed by atoms with van der Waals surface area (Å²) in [4.78, 5) is 22.9. The van der Waals surface area contributed by atoms with Gasteiger partial charge in [-0.2, -0.15) is 0 Å². The van der Waals surface area contributed by atoms with Crippen molar-refractivity contribution in [3.63, 3.8) is 0 Å². The third kappa shape index (κ3) is 2.01. The van der Waals surface area contributed by atoms with E-state index in [2.05, 4.69) is 5.32 Å². The number of rotatable bonds is 2. The van der Waals surface area contributed by atoms with Crippen LogP contribution in [0.4, 0.5) is 0 Å². The van der Waals surface area contributed by atoms with Gasteiger partial charge in [-0.3, -0.25) is 9.59 Å². The molecule has 0 saturated carbocycles. The highest BCUT2D eigenvalue weighted by atomic mass is 16.1. The quantitative estimate of drug-likeness (QED) is 0.750. The molecule has 0 aromatic carbocycles. The lowest BCUT2D eigenvalue weighted by Gasteiger charge is -2.27. The van der Waals surface area contributed by atoms with Gasteiger partial charge in [0.1, 0.15) is 0 Å². The summed E-state index contributed by atoms with van der Waals surface area (Å²) in [7, 11) is 0. The Labute approximate surface area is 90.2 Å². The van der Waals surface area contributed by atoms with Crippen LogP contribution in [0.1, 0.15) is 34.6 Å². The van der Waals surface area contributed by atoms with Gasteiger partial charge in [0.2, 0.25) is 0 Å². The maximum Gasteiger partial charge on any atom is 0.161 e. The molecule has 0 fully saturated rings. The van der Waals surface area contributed by atoms with E-state index in [1.165, 1.54) is 13.8 Å². The standard InChI is InChI=1S/C12H17NO2/c1-6-11(9(4)14)7(2)13-8(3)12(6)10(5)15/h7,13H,1-5H3. The Balaban J connectivity index is 3.36. The van der Waals surface area contributed by atoms with Gasteiger partial charge in [-0.25, -0.2) is 0 Å². The molecule has 1 atom stereocenters. The molecule has 0 spiro atoms. The van der Waals surface area contributed by atoms with Gasteiger partial charge in [0, 0.05) is 16.8 Å². The monoisotopic (exact) mass is 207 g/mol. The Morgan fingerprint density at radius 1 is 1.13 bits per heavy atom. The molecule has 82 valence electrons. The van der Waals surface area contributed by atoms with Gasteiger partial charge in [-0.05, 0) is 40.2 Å². The van der Waals surface area contributed by atoms with E-state index in [-0.39, 0.29) is 17.6 Å². The van der Waals surface area contributed by atoms with Crippen LogP contribution in [0, 0.1) is 0 Å². The predicted octanol–water partition coefficient (Wildman–Crippen LogP) is 1.75. The molecule has 0 aromatic heterocycles. The zero-order chi connectivity index (χ0) is 11.7. The highest BCUT2D eigenvalue weighted by molar-refractivity contribution is 6.04. The summed E-state index contributed by atoms with van der Waals surface area (Å²) in [6, 6.07) is -0.00870. The fourth-order valence-corrected chi connectivity index (χ4v) is 2.31. The summed E-state index contributed by atoms with van der Waals surface area (Å²) in [6.45, 7) is 8.70. The van der Waals surface area contributed by atoms with Gasteiger partial charge in [0.25, 0.3) is 0 Å². The van der Waals surface area contributed by atoms with Gasteiger partial charge in [0.05, 0.1) is 6.04 Å². The van der Waals surface area contributed by atoms with E-state index in [4.69, 9.17) is 0 Å². The van der Waals surface area contributed by atoms with Crippen molar-refractivity contribution in [3.8, 4) is 0 Å². The highest BCUT2D eigenvalue weighted by Gasteiger charge is 2.26. The van der Waals surface area contributed by atoms with Crippen molar-refractivity contribution in [2.75, 3.05) is 0 Å². The Morgan fingerprint density at radius 2 is 1.67 bits per heavy atom. The fourth-order valence-electron chi connectivity index (χ4n) is 2.31. The Bertz CT molecular complexity index is 388. The van der Waals surface area contributed by atoms with Crippen LogP contribution >= 0.6 is 0 Å². The summed E-state index contributed by atoms with van der Waals surface area (Å²) in [5.41, 5.74) is 3.04. The second kappa shape index (κ2) is 4.01. The molecule has 1 rings (SSSR count). The molecule has 15 heavy (non-hydrogen) atoms. The molecule has 0 aliphatic carbocycles. The summed E-state index contributed by atoms with van der Waals surface area (Å²) >= 11 is 0. The highest BCUT2D eigenvalue weighted by Crippen LogP contribution is 2.26.